The van der Waals surface area contributed by atoms with Gasteiger partial charge in [0.2, 0.25) is 5.91 Å². The molecule has 2 N–H and O–H groups in total. The Bertz CT molecular complexity index is 853. The zero-order valence-corrected chi connectivity index (χ0v) is 14.1. The summed E-state index contributed by atoms with van der Waals surface area (Å²) < 4.78 is 5.19. The highest BCUT2D eigenvalue weighted by atomic mass is 32.1. The lowest BCUT2D eigenvalue weighted by atomic mass is 10.2. The summed E-state index contributed by atoms with van der Waals surface area (Å²) in [5, 5.41) is 3.86. The van der Waals surface area contributed by atoms with Gasteiger partial charge in [0.15, 0.2) is 0 Å². The third kappa shape index (κ3) is 3.50. The summed E-state index contributed by atoms with van der Waals surface area (Å²) in [5.41, 5.74) is 2.58. The summed E-state index contributed by atoms with van der Waals surface area (Å²) in [6, 6.07) is 5.63. The monoisotopic (exact) mass is 330 g/mol. The normalized spacial score (nSPS) is 10.9. The average molecular weight is 330 g/mol. The maximum Gasteiger partial charge on any atom is 0.226 e. The molecule has 120 valence electrons. The van der Waals surface area contributed by atoms with Gasteiger partial charge in [-0.05, 0) is 26.0 Å². The third-order valence-corrected chi connectivity index (χ3v) is 4.45. The minimum Gasteiger partial charge on any atom is -0.497 e. The lowest BCUT2D eigenvalue weighted by molar-refractivity contribution is -0.120. The van der Waals surface area contributed by atoms with Crippen LogP contribution in [0.1, 0.15) is 21.4 Å². The fourth-order valence-electron chi connectivity index (χ4n) is 2.39. The maximum absolute atomic E-state index is 12.1. The van der Waals surface area contributed by atoms with E-state index in [0.29, 0.717) is 18.8 Å². The van der Waals surface area contributed by atoms with Crippen LogP contribution < -0.4 is 10.1 Å². The number of fused-ring (bicyclic) bond motifs is 1. The molecule has 0 saturated carbocycles. The molecule has 1 amide bonds. The molecule has 0 aliphatic rings. The molecular weight excluding hydrogens is 312 g/mol. The number of benzene rings is 1. The number of ether oxygens (including phenoxy) is 1. The van der Waals surface area contributed by atoms with Crippen molar-refractivity contribution in [3.63, 3.8) is 0 Å². The van der Waals surface area contributed by atoms with E-state index in [4.69, 9.17) is 4.74 Å². The van der Waals surface area contributed by atoms with Gasteiger partial charge in [0.25, 0.3) is 0 Å². The van der Waals surface area contributed by atoms with E-state index < -0.39 is 0 Å². The molecule has 0 aliphatic heterocycles. The Balaban J connectivity index is 1.63. The molecule has 7 heteroatoms. The highest BCUT2D eigenvalue weighted by molar-refractivity contribution is 7.11. The molecule has 0 fully saturated rings. The van der Waals surface area contributed by atoms with E-state index in [0.717, 1.165) is 32.4 Å². The second kappa shape index (κ2) is 6.37. The van der Waals surface area contributed by atoms with Crippen molar-refractivity contribution in [2.24, 2.45) is 0 Å². The largest absolute Gasteiger partial charge is 0.497 e. The van der Waals surface area contributed by atoms with Crippen LogP contribution in [0.4, 0.5) is 0 Å². The first-order valence-electron chi connectivity index (χ1n) is 7.27. The highest BCUT2D eigenvalue weighted by Gasteiger charge is 2.11. The number of H-pyrrole nitrogens is 1. The molecule has 0 spiro atoms. The van der Waals surface area contributed by atoms with Gasteiger partial charge in [-0.1, -0.05) is 0 Å². The molecule has 0 bridgehead atoms. The lowest BCUT2D eigenvalue weighted by Gasteiger charge is -2.02. The number of aryl methyl sites for hydroxylation is 2. The second-order valence-corrected chi connectivity index (χ2v) is 6.66. The van der Waals surface area contributed by atoms with E-state index in [1.165, 1.54) is 0 Å². The van der Waals surface area contributed by atoms with E-state index >= 15 is 0 Å². The van der Waals surface area contributed by atoms with Crippen LogP contribution in [0, 0.1) is 13.8 Å². The van der Waals surface area contributed by atoms with Crippen molar-refractivity contribution in [3.05, 3.63) is 39.6 Å². The number of carbonyl (C=O) groups is 1. The first-order valence-corrected chi connectivity index (χ1v) is 8.09. The number of hydrogen-bond acceptors (Lipinski definition) is 5. The van der Waals surface area contributed by atoms with Crippen molar-refractivity contribution in [1.82, 2.24) is 20.3 Å². The molecule has 0 atom stereocenters. The Hall–Kier alpha value is -2.41. The van der Waals surface area contributed by atoms with Gasteiger partial charge in [0.05, 0.1) is 41.8 Å². The van der Waals surface area contributed by atoms with Crippen LogP contribution >= 0.6 is 11.3 Å². The number of aromatic amines is 1. The molecular formula is C16H18N4O2S. The van der Waals surface area contributed by atoms with Crippen LogP contribution in [0.15, 0.2) is 18.2 Å². The number of thiazole rings is 1. The second-order valence-electron chi connectivity index (χ2n) is 5.26. The van der Waals surface area contributed by atoms with Gasteiger partial charge >= 0.3 is 0 Å². The summed E-state index contributed by atoms with van der Waals surface area (Å²) in [4.78, 5) is 25.2. The van der Waals surface area contributed by atoms with Crippen molar-refractivity contribution in [2.45, 2.75) is 26.8 Å². The van der Waals surface area contributed by atoms with Gasteiger partial charge in [-0.3, -0.25) is 4.79 Å². The van der Waals surface area contributed by atoms with Crippen molar-refractivity contribution >= 4 is 28.3 Å². The molecule has 3 aromatic rings. The van der Waals surface area contributed by atoms with Gasteiger partial charge in [-0.25, -0.2) is 9.97 Å². The number of amides is 1. The first kappa shape index (κ1) is 15.5. The predicted molar refractivity (Wildman–Crippen MR) is 89.8 cm³/mol. The summed E-state index contributed by atoms with van der Waals surface area (Å²) in [6.07, 6.45) is 0.296. The van der Waals surface area contributed by atoms with Crippen LogP contribution in [0.3, 0.4) is 0 Å². The number of rotatable bonds is 5. The number of nitrogens with zero attached hydrogens (tertiary/aromatic N) is 2. The van der Waals surface area contributed by atoms with Gasteiger partial charge in [0.1, 0.15) is 11.6 Å². The maximum atomic E-state index is 12.1. The molecule has 0 saturated heterocycles. The molecule has 0 aliphatic carbocycles. The van der Waals surface area contributed by atoms with Crippen molar-refractivity contribution in [1.29, 1.82) is 0 Å². The topological polar surface area (TPSA) is 79.9 Å². The third-order valence-electron chi connectivity index (χ3n) is 3.52. The van der Waals surface area contributed by atoms with Crippen molar-refractivity contribution in [3.8, 4) is 5.75 Å². The Labute approximate surface area is 137 Å². The summed E-state index contributed by atoms with van der Waals surface area (Å²) in [5.74, 6) is 1.43. The van der Waals surface area contributed by atoms with Crippen LogP contribution in [0.5, 0.6) is 5.75 Å². The minimum absolute atomic E-state index is 0.0589. The smallest absolute Gasteiger partial charge is 0.226 e. The van der Waals surface area contributed by atoms with Gasteiger partial charge < -0.3 is 15.0 Å². The quantitative estimate of drug-likeness (QED) is 0.753. The number of nitrogens with one attached hydrogen (secondary N) is 2. The fraction of sp³-hybridized carbons (Fsp3) is 0.312. The Morgan fingerprint density at radius 1 is 1.35 bits per heavy atom. The SMILES string of the molecule is COc1ccc2nc(CNC(=O)Cc3nc(C)sc3C)[nH]c2c1. The number of carbonyl (C=O) groups excluding carboxylic acids is 1. The van der Waals surface area contributed by atoms with E-state index in [2.05, 4.69) is 20.3 Å². The Morgan fingerprint density at radius 2 is 2.17 bits per heavy atom. The van der Waals surface area contributed by atoms with Crippen LogP contribution in [-0.4, -0.2) is 28.0 Å². The zero-order chi connectivity index (χ0) is 16.4. The standard InChI is InChI=1S/C16H18N4O2S/c1-9-13(18-10(2)23-9)7-16(21)17-8-15-19-12-5-4-11(22-3)6-14(12)20-15/h4-6H,7-8H2,1-3H3,(H,17,21)(H,19,20). The average Bonchev–Trinajstić information content (AvgIpc) is 3.07. The molecule has 6 nitrogen and oxygen atoms in total. The Kier molecular flexibility index (Phi) is 4.29. The number of aromatic nitrogens is 3. The lowest BCUT2D eigenvalue weighted by Crippen LogP contribution is -2.25. The predicted octanol–water partition coefficient (Wildman–Crippen LogP) is 2.50. The molecule has 23 heavy (non-hydrogen) atoms. The molecule has 2 aromatic heterocycles. The van der Waals surface area contributed by atoms with Gasteiger partial charge in [-0.15, -0.1) is 11.3 Å². The highest BCUT2D eigenvalue weighted by Crippen LogP contribution is 2.19. The number of imidazole rings is 1. The number of methoxy groups -OCH3 is 1. The first-order chi connectivity index (χ1) is 11.0. The van der Waals surface area contributed by atoms with Crippen molar-refractivity contribution in [2.75, 3.05) is 7.11 Å². The van der Waals surface area contributed by atoms with Gasteiger partial charge in [0, 0.05) is 10.9 Å². The fourth-order valence-corrected chi connectivity index (χ4v) is 3.22. The van der Waals surface area contributed by atoms with Crippen LogP contribution in [0.2, 0.25) is 0 Å². The zero-order valence-electron chi connectivity index (χ0n) is 13.3. The summed E-state index contributed by atoms with van der Waals surface area (Å²) in [6.45, 7) is 4.29. The molecule has 1 aromatic carbocycles. The molecule has 2 heterocycles. The minimum atomic E-state index is -0.0589. The van der Waals surface area contributed by atoms with E-state index in [9.17, 15) is 4.79 Å². The molecule has 0 unspecified atom stereocenters. The van der Waals surface area contributed by atoms with Crippen LogP contribution in [0.25, 0.3) is 11.0 Å². The molecule has 0 radical (unpaired) electrons. The number of hydrogen-bond donors (Lipinski definition) is 2. The summed E-state index contributed by atoms with van der Waals surface area (Å²) in [7, 11) is 1.63. The van der Waals surface area contributed by atoms with E-state index in [1.54, 1.807) is 18.4 Å². The van der Waals surface area contributed by atoms with E-state index in [1.807, 2.05) is 32.0 Å². The van der Waals surface area contributed by atoms with Crippen LogP contribution in [-0.2, 0) is 17.8 Å². The molecule has 3 rings (SSSR count). The van der Waals surface area contributed by atoms with E-state index in [-0.39, 0.29) is 5.91 Å². The van der Waals surface area contributed by atoms with Gasteiger partial charge in [-0.2, -0.15) is 0 Å². The summed E-state index contributed by atoms with van der Waals surface area (Å²) >= 11 is 1.61. The van der Waals surface area contributed by atoms with Crippen molar-refractivity contribution < 1.29 is 9.53 Å². The Morgan fingerprint density at radius 3 is 2.87 bits per heavy atom.